The zero-order chi connectivity index (χ0) is 17.3. The number of nitrogens with one attached hydrogen (secondary N) is 1. The number of hydrogen-bond acceptors (Lipinski definition) is 3. The monoisotopic (exact) mass is 319 g/mol. The maximum absolute atomic E-state index is 13.9. The van der Waals surface area contributed by atoms with Crippen LogP contribution in [0.2, 0.25) is 0 Å². The molecule has 2 aromatic carbocycles. The number of halogens is 1. The quantitative estimate of drug-likeness (QED) is 0.584. The summed E-state index contributed by atoms with van der Waals surface area (Å²) < 4.78 is 13.9. The maximum atomic E-state index is 13.9. The fraction of sp³-hybridized carbons (Fsp3) is 0.105. The van der Waals surface area contributed by atoms with E-state index in [4.69, 9.17) is 5.26 Å². The van der Waals surface area contributed by atoms with E-state index in [0.717, 1.165) is 16.5 Å². The van der Waals surface area contributed by atoms with Crippen LogP contribution >= 0.6 is 0 Å². The zero-order valence-corrected chi connectivity index (χ0v) is 13.2. The minimum Gasteiger partial charge on any atom is -0.294 e. The lowest BCUT2D eigenvalue weighted by atomic mass is 9.92. The Hall–Kier alpha value is -3.26. The molecule has 0 aliphatic rings. The van der Waals surface area contributed by atoms with Crippen molar-refractivity contribution in [2.75, 3.05) is 0 Å². The van der Waals surface area contributed by atoms with E-state index >= 15 is 0 Å². The highest BCUT2D eigenvalue weighted by Gasteiger charge is 2.15. The van der Waals surface area contributed by atoms with E-state index in [0.29, 0.717) is 16.7 Å². The van der Waals surface area contributed by atoms with Crippen molar-refractivity contribution in [3.05, 3.63) is 65.1 Å². The van der Waals surface area contributed by atoms with Crippen LogP contribution in [0.1, 0.15) is 30.5 Å². The van der Waals surface area contributed by atoms with Gasteiger partial charge in [-0.1, -0.05) is 12.1 Å². The topological polar surface area (TPSA) is 69.5 Å². The van der Waals surface area contributed by atoms with Crippen molar-refractivity contribution in [1.29, 1.82) is 5.26 Å². The van der Waals surface area contributed by atoms with Gasteiger partial charge in [0.15, 0.2) is 5.78 Å². The van der Waals surface area contributed by atoms with Crippen LogP contribution in [-0.2, 0) is 4.79 Å². The predicted molar refractivity (Wildman–Crippen MR) is 90.4 cm³/mol. The summed E-state index contributed by atoms with van der Waals surface area (Å²) in [6.07, 6.45) is 1.69. The largest absolute Gasteiger partial charge is 0.294 e. The van der Waals surface area contributed by atoms with Gasteiger partial charge in [0, 0.05) is 11.0 Å². The molecule has 0 saturated carbocycles. The molecule has 1 N–H and O–H groups in total. The Morgan fingerprint density at radius 2 is 1.92 bits per heavy atom. The fourth-order valence-electron chi connectivity index (χ4n) is 2.77. The molecule has 24 heavy (non-hydrogen) atoms. The van der Waals surface area contributed by atoms with Gasteiger partial charge in [-0.25, -0.2) is 4.39 Å². The summed E-state index contributed by atoms with van der Waals surface area (Å²) in [7, 11) is 0. The van der Waals surface area contributed by atoms with Gasteiger partial charge in [0.05, 0.1) is 17.3 Å². The lowest BCUT2D eigenvalue weighted by Crippen LogP contribution is -2.00. The Morgan fingerprint density at radius 3 is 2.58 bits per heavy atom. The molecule has 0 saturated heterocycles. The van der Waals surface area contributed by atoms with E-state index < -0.39 is 5.82 Å². The third kappa shape index (κ3) is 2.70. The van der Waals surface area contributed by atoms with E-state index in [1.165, 1.54) is 19.1 Å². The first kappa shape index (κ1) is 15.6. The molecule has 0 unspecified atom stereocenters. The number of aromatic nitrogens is 2. The van der Waals surface area contributed by atoms with Crippen LogP contribution in [0.4, 0.5) is 4.39 Å². The lowest BCUT2D eigenvalue weighted by Gasteiger charge is -2.11. The molecular formula is C19H14FN3O. The molecular weight excluding hydrogens is 305 g/mol. The van der Waals surface area contributed by atoms with Crippen LogP contribution in [0.15, 0.2) is 42.6 Å². The molecule has 0 spiro atoms. The van der Waals surface area contributed by atoms with Gasteiger partial charge < -0.3 is 0 Å². The van der Waals surface area contributed by atoms with Crippen molar-refractivity contribution in [2.24, 2.45) is 0 Å². The summed E-state index contributed by atoms with van der Waals surface area (Å²) in [5.41, 5.74) is 3.36. The number of carbonyl (C=O) groups excluding carboxylic acids is 1. The van der Waals surface area contributed by atoms with E-state index in [1.807, 2.05) is 18.2 Å². The van der Waals surface area contributed by atoms with Gasteiger partial charge in [-0.15, -0.1) is 0 Å². The number of rotatable bonds is 3. The first-order chi connectivity index (χ1) is 11.5. The minimum atomic E-state index is -0.595. The number of benzene rings is 2. The van der Waals surface area contributed by atoms with Gasteiger partial charge in [0.2, 0.25) is 0 Å². The number of H-pyrrole nitrogens is 1. The van der Waals surface area contributed by atoms with Gasteiger partial charge in [0.1, 0.15) is 11.9 Å². The Balaban J connectivity index is 2.18. The van der Waals surface area contributed by atoms with Gasteiger partial charge >= 0.3 is 0 Å². The molecule has 3 aromatic rings. The molecule has 1 heterocycles. The predicted octanol–water partition coefficient (Wildman–Crippen LogP) is 4.09. The molecule has 5 heteroatoms. The number of nitriles is 1. The Kier molecular flexibility index (Phi) is 3.97. The van der Waals surface area contributed by atoms with E-state index in [1.54, 1.807) is 25.3 Å². The van der Waals surface area contributed by atoms with Crippen molar-refractivity contribution >= 4 is 27.8 Å². The second-order valence-electron chi connectivity index (χ2n) is 5.53. The first-order valence-electron chi connectivity index (χ1n) is 7.36. The van der Waals surface area contributed by atoms with Crippen molar-refractivity contribution in [3.8, 4) is 6.07 Å². The number of nitrogens with zero attached hydrogens (tertiary/aromatic N) is 2. The van der Waals surface area contributed by atoms with E-state index in [-0.39, 0.29) is 11.3 Å². The summed E-state index contributed by atoms with van der Waals surface area (Å²) in [5.74, 6) is -0.706. The normalized spacial score (nSPS) is 11.9. The number of ketones is 1. The van der Waals surface area contributed by atoms with Crippen molar-refractivity contribution < 1.29 is 9.18 Å². The molecule has 0 atom stereocenters. The summed E-state index contributed by atoms with van der Waals surface area (Å²) in [4.78, 5) is 12.2. The number of hydrogen-bond donors (Lipinski definition) is 1. The van der Waals surface area contributed by atoms with E-state index in [2.05, 4.69) is 10.2 Å². The molecule has 1 aromatic heterocycles. The summed E-state index contributed by atoms with van der Waals surface area (Å²) in [6.45, 7) is 3.26. The SMILES string of the molecule is CC(=O)/C(=C(\C)c1ccc(C#N)c(F)c1)c1ccc2[nH]ncc2c1. The number of allylic oxidation sites excluding steroid dienone is 2. The number of Topliss-reactive ketones (excluding diaryl/α,β-unsaturated/α-hetero) is 1. The van der Waals surface area contributed by atoms with Gasteiger partial charge in [0.25, 0.3) is 0 Å². The van der Waals surface area contributed by atoms with Gasteiger partial charge in [-0.05, 0) is 54.8 Å². The van der Waals surface area contributed by atoms with Gasteiger partial charge in [-0.3, -0.25) is 9.89 Å². The van der Waals surface area contributed by atoms with E-state index in [9.17, 15) is 9.18 Å². The molecule has 0 aliphatic carbocycles. The van der Waals surface area contributed by atoms with Crippen LogP contribution in [0.25, 0.3) is 22.0 Å². The molecule has 0 amide bonds. The van der Waals surface area contributed by atoms with Crippen LogP contribution in [-0.4, -0.2) is 16.0 Å². The van der Waals surface area contributed by atoms with Crippen molar-refractivity contribution in [2.45, 2.75) is 13.8 Å². The Bertz CT molecular complexity index is 1020. The zero-order valence-electron chi connectivity index (χ0n) is 13.2. The second kappa shape index (κ2) is 6.09. The van der Waals surface area contributed by atoms with Crippen molar-refractivity contribution in [3.63, 3.8) is 0 Å². The Morgan fingerprint density at radius 1 is 1.17 bits per heavy atom. The van der Waals surface area contributed by atoms with Crippen LogP contribution < -0.4 is 0 Å². The number of fused-ring (bicyclic) bond motifs is 1. The first-order valence-corrected chi connectivity index (χ1v) is 7.36. The number of aromatic amines is 1. The van der Waals surface area contributed by atoms with Gasteiger partial charge in [-0.2, -0.15) is 10.4 Å². The molecule has 0 fully saturated rings. The summed E-state index contributed by atoms with van der Waals surface area (Å²) in [6, 6.07) is 11.7. The molecule has 4 nitrogen and oxygen atoms in total. The fourth-order valence-corrected chi connectivity index (χ4v) is 2.77. The molecule has 0 bridgehead atoms. The van der Waals surface area contributed by atoms with Crippen LogP contribution in [0, 0.1) is 17.1 Å². The maximum Gasteiger partial charge on any atom is 0.160 e. The Labute approximate surface area is 138 Å². The second-order valence-corrected chi connectivity index (χ2v) is 5.53. The highest BCUT2D eigenvalue weighted by Crippen LogP contribution is 2.29. The van der Waals surface area contributed by atoms with Crippen LogP contribution in [0.5, 0.6) is 0 Å². The molecule has 0 radical (unpaired) electrons. The highest BCUT2D eigenvalue weighted by atomic mass is 19.1. The average molecular weight is 319 g/mol. The standard InChI is InChI=1S/C19H14FN3O/c1-11(13-3-4-15(9-21)17(20)8-13)19(12(2)24)14-5-6-18-16(7-14)10-22-23-18/h3-8,10H,1-2H3,(H,22,23)/b19-11-. The highest BCUT2D eigenvalue weighted by molar-refractivity contribution is 6.27. The molecule has 0 aliphatic heterocycles. The molecule has 3 rings (SSSR count). The molecule has 118 valence electrons. The lowest BCUT2D eigenvalue weighted by molar-refractivity contribution is -0.111. The summed E-state index contributed by atoms with van der Waals surface area (Å²) in [5, 5.41) is 16.6. The third-order valence-electron chi connectivity index (χ3n) is 3.98. The van der Waals surface area contributed by atoms with Crippen molar-refractivity contribution in [1.82, 2.24) is 10.2 Å². The van der Waals surface area contributed by atoms with Crippen LogP contribution in [0.3, 0.4) is 0 Å². The third-order valence-corrected chi connectivity index (χ3v) is 3.98. The minimum absolute atomic E-state index is 0.0178. The average Bonchev–Trinajstić information content (AvgIpc) is 3.02. The smallest absolute Gasteiger partial charge is 0.160 e. The summed E-state index contributed by atoms with van der Waals surface area (Å²) >= 11 is 0. The number of carbonyl (C=O) groups is 1.